The Hall–Kier alpha value is -1.83. The van der Waals surface area contributed by atoms with Gasteiger partial charge in [-0.1, -0.05) is 11.3 Å². The topological polar surface area (TPSA) is 114 Å². The number of primary amides is 1. The van der Waals surface area contributed by atoms with Crippen molar-refractivity contribution in [3.05, 3.63) is 4.88 Å². The second-order valence-corrected chi connectivity index (χ2v) is 6.13. The summed E-state index contributed by atoms with van der Waals surface area (Å²) in [6.45, 7) is 6.23. The summed E-state index contributed by atoms with van der Waals surface area (Å²) < 4.78 is 0. The minimum Gasteiger partial charge on any atom is -0.382 e. The SMILES string of the molecule is CCN(C)c1nc(N)c(C(=O)NCC(C)(C)C(N)=O)s1. The van der Waals surface area contributed by atoms with Crippen LogP contribution in [-0.4, -0.2) is 36.9 Å². The Bertz CT molecular complexity index is 512. The van der Waals surface area contributed by atoms with Gasteiger partial charge in [-0.05, 0) is 20.8 Å². The van der Waals surface area contributed by atoms with Crippen molar-refractivity contribution in [1.29, 1.82) is 0 Å². The number of rotatable bonds is 6. The van der Waals surface area contributed by atoms with Crippen LogP contribution in [0.2, 0.25) is 0 Å². The molecule has 1 aromatic heterocycles. The molecule has 0 radical (unpaired) electrons. The van der Waals surface area contributed by atoms with E-state index < -0.39 is 11.3 Å². The van der Waals surface area contributed by atoms with Gasteiger partial charge in [0.25, 0.3) is 5.91 Å². The summed E-state index contributed by atoms with van der Waals surface area (Å²) in [4.78, 5) is 29.7. The first-order valence-electron chi connectivity index (χ1n) is 6.24. The molecule has 112 valence electrons. The monoisotopic (exact) mass is 299 g/mol. The van der Waals surface area contributed by atoms with E-state index in [4.69, 9.17) is 11.5 Å². The van der Waals surface area contributed by atoms with Crippen molar-refractivity contribution in [2.45, 2.75) is 20.8 Å². The number of amides is 2. The molecule has 2 amide bonds. The van der Waals surface area contributed by atoms with Crippen molar-refractivity contribution in [1.82, 2.24) is 10.3 Å². The second-order valence-electron chi connectivity index (χ2n) is 5.16. The van der Waals surface area contributed by atoms with Crippen LogP contribution in [0.4, 0.5) is 10.9 Å². The predicted molar refractivity (Wildman–Crippen MR) is 80.8 cm³/mol. The lowest BCUT2D eigenvalue weighted by Gasteiger charge is -2.20. The maximum Gasteiger partial charge on any atom is 0.265 e. The zero-order chi connectivity index (χ0) is 15.5. The maximum atomic E-state index is 12.1. The summed E-state index contributed by atoms with van der Waals surface area (Å²) in [7, 11) is 1.87. The Labute approximate surface area is 122 Å². The molecular weight excluding hydrogens is 278 g/mol. The van der Waals surface area contributed by atoms with Gasteiger partial charge >= 0.3 is 0 Å². The molecule has 1 rings (SSSR count). The van der Waals surface area contributed by atoms with E-state index in [0.29, 0.717) is 10.0 Å². The number of anilines is 2. The fourth-order valence-electron chi connectivity index (χ4n) is 1.25. The van der Waals surface area contributed by atoms with Crippen LogP contribution >= 0.6 is 11.3 Å². The lowest BCUT2D eigenvalue weighted by Crippen LogP contribution is -2.42. The molecule has 7 nitrogen and oxygen atoms in total. The molecule has 1 aromatic rings. The van der Waals surface area contributed by atoms with E-state index in [2.05, 4.69) is 10.3 Å². The number of carbonyl (C=O) groups is 2. The third-order valence-corrected chi connectivity index (χ3v) is 4.19. The highest BCUT2D eigenvalue weighted by Crippen LogP contribution is 2.27. The van der Waals surface area contributed by atoms with E-state index in [-0.39, 0.29) is 18.3 Å². The van der Waals surface area contributed by atoms with E-state index in [0.717, 1.165) is 6.54 Å². The van der Waals surface area contributed by atoms with E-state index >= 15 is 0 Å². The largest absolute Gasteiger partial charge is 0.382 e. The lowest BCUT2D eigenvalue weighted by atomic mass is 9.93. The van der Waals surface area contributed by atoms with E-state index in [1.165, 1.54) is 11.3 Å². The molecule has 0 aliphatic heterocycles. The third-order valence-electron chi connectivity index (χ3n) is 3.01. The Morgan fingerprint density at radius 2 is 2.05 bits per heavy atom. The minimum atomic E-state index is -0.807. The first-order valence-corrected chi connectivity index (χ1v) is 7.06. The van der Waals surface area contributed by atoms with Crippen molar-refractivity contribution in [3.8, 4) is 0 Å². The summed E-state index contributed by atoms with van der Waals surface area (Å²) in [6.07, 6.45) is 0. The third kappa shape index (κ3) is 3.60. The molecule has 0 aromatic carbocycles. The van der Waals surface area contributed by atoms with E-state index in [1.807, 2.05) is 18.9 Å². The molecule has 0 aliphatic rings. The number of nitrogens with two attached hydrogens (primary N) is 2. The minimum absolute atomic E-state index is 0.150. The van der Waals surface area contributed by atoms with Crippen LogP contribution in [0.3, 0.4) is 0 Å². The van der Waals surface area contributed by atoms with Crippen LogP contribution < -0.4 is 21.7 Å². The first-order chi connectivity index (χ1) is 9.19. The van der Waals surface area contributed by atoms with Crippen LogP contribution in [0.5, 0.6) is 0 Å². The molecule has 0 fully saturated rings. The lowest BCUT2D eigenvalue weighted by molar-refractivity contribution is -0.125. The number of nitrogen functional groups attached to an aromatic ring is 1. The molecule has 0 saturated heterocycles. The Balaban J connectivity index is 2.78. The summed E-state index contributed by atoms with van der Waals surface area (Å²) in [5.74, 6) is -0.619. The predicted octanol–water partition coefficient (Wildman–Crippen LogP) is 0.423. The van der Waals surface area contributed by atoms with Crippen molar-refractivity contribution >= 4 is 34.1 Å². The molecule has 20 heavy (non-hydrogen) atoms. The molecule has 0 saturated carbocycles. The molecular formula is C12H21N5O2S. The maximum absolute atomic E-state index is 12.1. The van der Waals surface area contributed by atoms with Gasteiger partial charge in [0.05, 0.1) is 5.41 Å². The van der Waals surface area contributed by atoms with Crippen LogP contribution in [0.1, 0.15) is 30.4 Å². The highest BCUT2D eigenvalue weighted by molar-refractivity contribution is 7.18. The molecule has 5 N–H and O–H groups in total. The van der Waals surface area contributed by atoms with Gasteiger partial charge in [-0.2, -0.15) is 0 Å². The van der Waals surface area contributed by atoms with Gasteiger partial charge in [-0.15, -0.1) is 0 Å². The van der Waals surface area contributed by atoms with Crippen molar-refractivity contribution < 1.29 is 9.59 Å². The number of hydrogen-bond acceptors (Lipinski definition) is 6. The first kappa shape index (κ1) is 16.2. The van der Waals surface area contributed by atoms with Crippen LogP contribution in [-0.2, 0) is 4.79 Å². The van der Waals surface area contributed by atoms with Gasteiger partial charge in [0.1, 0.15) is 10.7 Å². The number of hydrogen-bond donors (Lipinski definition) is 3. The van der Waals surface area contributed by atoms with E-state index in [9.17, 15) is 9.59 Å². The van der Waals surface area contributed by atoms with Crippen LogP contribution in [0.15, 0.2) is 0 Å². The number of carbonyl (C=O) groups excluding carboxylic acids is 2. The molecule has 8 heteroatoms. The Kier molecular flexibility index (Phi) is 4.93. The number of thiazole rings is 1. The highest BCUT2D eigenvalue weighted by Gasteiger charge is 2.26. The molecule has 0 unspecified atom stereocenters. The van der Waals surface area contributed by atoms with Crippen molar-refractivity contribution in [3.63, 3.8) is 0 Å². The Morgan fingerprint density at radius 1 is 1.45 bits per heavy atom. The summed E-state index contributed by atoms with van der Waals surface area (Å²) >= 11 is 1.22. The van der Waals surface area contributed by atoms with E-state index in [1.54, 1.807) is 13.8 Å². The fraction of sp³-hybridized carbons (Fsp3) is 0.583. The fourth-order valence-corrected chi connectivity index (χ4v) is 2.18. The highest BCUT2D eigenvalue weighted by atomic mass is 32.1. The number of nitrogens with zero attached hydrogens (tertiary/aromatic N) is 2. The summed E-state index contributed by atoms with van der Waals surface area (Å²) in [5.41, 5.74) is 10.2. The molecule has 0 spiro atoms. The molecule has 0 atom stereocenters. The summed E-state index contributed by atoms with van der Waals surface area (Å²) in [5, 5.41) is 3.35. The van der Waals surface area contributed by atoms with Crippen LogP contribution in [0, 0.1) is 5.41 Å². The van der Waals surface area contributed by atoms with Gasteiger partial charge in [0.2, 0.25) is 5.91 Å². The van der Waals surface area contributed by atoms with Gasteiger partial charge in [-0.3, -0.25) is 9.59 Å². The number of aromatic nitrogens is 1. The zero-order valence-corrected chi connectivity index (χ0v) is 13.0. The normalized spacial score (nSPS) is 11.2. The van der Waals surface area contributed by atoms with Gasteiger partial charge in [0, 0.05) is 20.1 Å². The number of nitrogens with one attached hydrogen (secondary N) is 1. The van der Waals surface area contributed by atoms with Gasteiger partial charge in [-0.25, -0.2) is 4.98 Å². The van der Waals surface area contributed by atoms with Crippen molar-refractivity contribution in [2.24, 2.45) is 11.1 Å². The van der Waals surface area contributed by atoms with Crippen molar-refractivity contribution in [2.75, 3.05) is 30.8 Å². The zero-order valence-electron chi connectivity index (χ0n) is 12.2. The van der Waals surface area contributed by atoms with Gasteiger partial charge in [0.15, 0.2) is 5.13 Å². The average molecular weight is 299 g/mol. The Morgan fingerprint density at radius 3 is 2.55 bits per heavy atom. The second kappa shape index (κ2) is 6.08. The molecule has 0 bridgehead atoms. The van der Waals surface area contributed by atoms with Crippen LogP contribution in [0.25, 0.3) is 0 Å². The summed E-state index contributed by atoms with van der Waals surface area (Å²) in [6, 6.07) is 0. The quantitative estimate of drug-likeness (QED) is 0.704. The van der Waals surface area contributed by atoms with Gasteiger partial charge < -0.3 is 21.7 Å². The molecule has 1 heterocycles. The smallest absolute Gasteiger partial charge is 0.265 e. The average Bonchev–Trinajstić information content (AvgIpc) is 2.77. The molecule has 0 aliphatic carbocycles. The standard InChI is InChI=1S/C12H21N5O2S/c1-5-17(4)11-16-8(13)7(20-11)9(18)15-6-12(2,3)10(14)19/h5-6,13H2,1-4H3,(H2,14,19)(H,15,18).